The molecule has 0 bridgehead atoms. The molecule has 6 heteroatoms. The normalized spacial score (nSPS) is 12.3. The van der Waals surface area contributed by atoms with Gasteiger partial charge in [-0.1, -0.05) is 0 Å². The van der Waals surface area contributed by atoms with Crippen molar-refractivity contribution >= 4 is 27.0 Å². The Balaban J connectivity index is 2.69. The van der Waals surface area contributed by atoms with Gasteiger partial charge in [0.2, 0.25) is 0 Å². The molecule has 0 aliphatic heterocycles. The van der Waals surface area contributed by atoms with Crippen molar-refractivity contribution in [1.29, 1.82) is 0 Å². The van der Waals surface area contributed by atoms with Crippen LogP contribution in [0.25, 0.3) is 11.0 Å². The van der Waals surface area contributed by atoms with Crippen molar-refractivity contribution in [2.24, 2.45) is 0 Å². The van der Waals surface area contributed by atoms with Crippen LogP contribution in [0.15, 0.2) is 22.8 Å². The third-order valence-corrected chi connectivity index (χ3v) is 2.48. The lowest BCUT2D eigenvalue weighted by atomic mass is 10.3. The minimum atomic E-state index is -4.36. The summed E-state index contributed by atoms with van der Waals surface area (Å²) in [6.45, 7) is 0. The Bertz CT molecular complexity index is 475. The number of aromatic nitrogens is 2. The van der Waals surface area contributed by atoms with E-state index in [0.717, 1.165) is 6.07 Å². The molecule has 2 heterocycles. The van der Waals surface area contributed by atoms with Gasteiger partial charge in [0.25, 0.3) is 0 Å². The van der Waals surface area contributed by atoms with Crippen molar-refractivity contribution in [3.05, 3.63) is 28.5 Å². The summed E-state index contributed by atoms with van der Waals surface area (Å²) in [7, 11) is 0. The lowest BCUT2D eigenvalue weighted by Crippen LogP contribution is -2.04. The first-order chi connectivity index (χ1) is 6.48. The summed E-state index contributed by atoms with van der Waals surface area (Å²) >= 11 is 3.15. The van der Waals surface area contributed by atoms with Crippen LogP contribution in [0.1, 0.15) is 5.69 Å². The molecule has 0 unspecified atom stereocenters. The lowest BCUT2D eigenvalue weighted by Gasteiger charge is -2.00. The topological polar surface area (TPSA) is 28.7 Å². The fraction of sp³-hybridized carbons (Fsp3) is 0.125. The van der Waals surface area contributed by atoms with Crippen molar-refractivity contribution in [2.75, 3.05) is 0 Å². The molecule has 1 N–H and O–H groups in total. The quantitative estimate of drug-likeness (QED) is 0.777. The molecule has 2 rings (SSSR count). The van der Waals surface area contributed by atoms with Crippen molar-refractivity contribution in [1.82, 2.24) is 9.97 Å². The summed E-state index contributed by atoms with van der Waals surface area (Å²) < 4.78 is 37.4. The van der Waals surface area contributed by atoms with E-state index in [1.54, 1.807) is 6.07 Å². The highest BCUT2D eigenvalue weighted by Gasteiger charge is 2.32. The second-order valence-electron chi connectivity index (χ2n) is 2.74. The monoisotopic (exact) mass is 264 g/mol. The minimum absolute atomic E-state index is 0.228. The molecule has 0 aliphatic rings. The largest absolute Gasteiger partial charge is 0.431 e. The number of H-pyrrole nitrogens is 1. The van der Waals surface area contributed by atoms with Crippen LogP contribution >= 0.6 is 15.9 Å². The Morgan fingerprint density at radius 3 is 2.64 bits per heavy atom. The Kier molecular flexibility index (Phi) is 2.02. The van der Waals surface area contributed by atoms with Crippen LogP contribution < -0.4 is 0 Å². The third kappa shape index (κ3) is 1.50. The molecule has 2 aromatic heterocycles. The number of hydrogen-bond donors (Lipinski definition) is 1. The number of alkyl halides is 3. The van der Waals surface area contributed by atoms with Crippen LogP contribution in [-0.2, 0) is 6.18 Å². The summed E-state index contributed by atoms with van der Waals surface area (Å²) in [5, 5.41) is 0.430. The molecule has 0 amide bonds. The fourth-order valence-electron chi connectivity index (χ4n) is 1.15. The van der Waals surface area contributed by atoms with Gasteiger partial charge in [0.05, 0.1) is 0 Å². The zero-order valence-electron chi connectivity index (χ0n) is 6.69. The molecule has 2 nitrogen and oxygen atoms in total. The van der Waals surface area contributed by atoms with Crippen LogP contribution in [0.3, 0.4) is 0 Å². The molecule has 74 valence electrons. The smallest absolute Gasteiger partial charge is 0.336 e. The van der Waals surface area contributed by atoms with E-state index in [9.17, 15) is 13.2 Å². The van der Waals surface area contributed by atoms with E-state index in [4.69, 9.17) is 0 Å². The van der Waals surface area contributed by atoms with Crippen LogP contribution in [-0.4, -0.2) is 9.97 Å². The molecule has 0 fully saturated rings. The molecule has 0 radical (unpaired) electrons. The first-order valence-electron chi connectivity index (χ1n) is 3.69. The van der Waals surface area contributed by atoms with Gasteiger partial charge in [-0.05, 0) is 28.1 Å². The maximum Gasteiger partial charge on any atom is 0.431 e. The number of rotatable bonds is 0. The van der Waals surface area contributed by atoms with Crippen molar-refractivity contribution in [3.63, 3.8) is 0 Å². The Hall–Kier alpha value is -1.04. The highest BCUT2D eigenvalue weighted by atomic mass is 79.9. The van der Waals surface area contributed by atoms with Gasteiger partial charge in [0.1, 0.15) is 11.3 Å². The standard InChI is InChI=1S/C8H4BrF3N2/c9-5-1-2-13-7-4(5)3-6(14-7)8(10,11)12/h1-3H,(H,13,14). The molecule has 2 aromatic rings. The summed E-state index contributed by atoms with van der Waals surface area (Å²) in [6, 6.07) is 2.63. The van der Waals surface area contributed by atoms with Gasteiger partial charge in [-0.25, -0.2) is 4.98 Å². The average Bonchev–Trinajstić information content (AvgIpc) is 2.48. The number of halogens is 4. The van der Waals surface area contributed by atoms with Crippen LogP contribution in [0.2, 0.25) is 0 Å². The predicted molar refractivity (Wildman–Crippen MR) is 48.8 cm³/mol. The first-order valence-corrected chi connectivity index (χ1v) is 4.48. The number of nitrogens with one attached hydrogen (secondary N) is 1. The SMILES string of the molecule is FC(F)(F)c1cc2c(Br)ccnc2[nH]1. The summed E-state index contributed by atoms with van der Waals surface area (Å²) in [6.07, 6.45) is -2.93. The molecule has 0 saturated heterocycles. The van der Waals surface area contributed by atoms with Gasteiger partial charge < -0.3 is 4.98 Å². The van der Waals surface area contributed by atoms with Crippen LogP contribution in [0.4, 0.5) is 13.2 Å². The minimum Gasteiger partial charge on any atom is -0.336 e. The maximum absolute atomic E-state index is 12.3. The molecule has 0 atom stereocenters. The van der Waals surface area contributed by atoms with Crippen LogP contribution in [0.5, 0.6) is 0 Å². The van der Waals surface area contributed by atoms with Gasteiger partial charge in [0, 0.05) is 16.1 Å². The Labute approximate surface area is 85.3 Å². The summed E-state index contributed by atoms with van der Waals surface area (Å²) in [4.78, 5) is 6.00. The second-order valence-corrected chi connectivity index (χ2v) is 3.59. The van der Waals surface area contributed by atoms with Crippen LogP contribution in [0, 0.1) is 0 Å². The molecular weight excluding hydrogens is 261 g/mol. The van der Waals surface area contributed by atoms with Gasteiger partial charge >= 0.3 is 6.18 Å². The molecule has 0 aromatic carbocycles. The summed E-state index contributed by atoms with van der Waals surface area (Å²) in [5.74, 6) is 0. The Morgan fingerprint density at radius 2 is 2.07 bits per heavy atom. The number of hydrogen-bond acceptors (Lipinski definition) is 1. The van der Waals surface area contributed by atoms with E-state index in [-0.39, 0.29) is 5.65 Å². The number of aromatic amines is 1. The molecule has 0 aliphatic carbocycles. The maximum atomic E-state index is 12.3. The zero-order chi connectivity index (χ0) is 10.3. The third-order valence-electron chi connectivity index (χ3n) is 1.78. The van der Waals surface area contributed by atoms with E-state index < -0.39 is 11.9 Å². The number of nitrogens with zero attached hydrogens (tertiary/aromatic N) is 1. The molecule has 0 spiro atoms. The predicted octanol–water partition coefficient (Wildman–Crippen LogP) is 3.34. The molecule has 0 saturated carbocycles. The lowest BCUT2D eigenvalue weighted by molar-refractivity contribution is -0.140. The molecular formula is C8H4BrF3N2. The second kappa shape index (κ2) is 2.98. The van der Waals surface area contributed by atoms with Crippen molar-refractivity contribution in [2.45, 2.75) is 6.18 Å². The average molecular weight is 265 g/mol. The van der Waals surface area contributed by atoms with Crippen molar-refractivity contribution < 1.29 is 13.2 Å². The molecule has 14 heavy (non-hydrogen) atoms. The van der Waals surface area contributed by atoms with Gasteiger partial charge in [0.15, 0.2) is 0 Å². The van der Waals surface area contributed by atoms with Gasteiger partial charge in [-0.3, -0.25) is 0 Å². The van der Waals surface area contributed by atoms with E-state index in [1.807, 2.05) is 0 Å². The van der Waals surface area contributed by atoms with E-state index >= 15 is 0 Å². The van der Waals surface area contributed by atoms with E-state index in [0.29, 0.717) is 9.86 Å². The highest BCUT2D eigenvalue weighted by Crippen LogP contribution is 2.32. The van der Waals surface area contributed by atoms with E-state index in [1.165, 1.54) is 6.20 Å². The zero-order valence-corrected chi connectivity index (χ0v) is 8.28. The number of pyridine rings is 1. The van der Waals surface area contributed by atoms with Gasteiger partial charge in [-0.15, -0.1) is 0 Å². The fourth-order valence-corrected chi connectivity index (χ4v) is 1.57. The highest BCUT2D eigenvalue weighted by molar-refractivity contribution is 9.10. The Morgan fingerprint density at radius 1 is 1.36 bits per heavy atom. The van der Waals surface area contributed by atoms with E-state index in [2.05, 4.69) is 25.9 Å². The summed E-state index contributed by atoms with van der Waals surface area (Å²) in [5.41, 5.74) is -0.557. The van der Waals surface area contributed by atoms with Crippen molar-refractivity contribution in [3.8, 4) is 0 Å². The van der Waals surface area contributed by atoms with Gasteiger partial charge in [-0.2, -0.15) is 13.2 Å². The number of fused-ring (bicyclic) bond motifs is 1. The first kappa shape index (κ1) is 9.51.